The Kier molecular flexibility index (Phi) is 5.63. The Balaban J connectivity index is 1.88. The van der Waals surface area contributed by atoms with Crippen LogP contribution in [0.25, 0.3) is 0 Å². The van der Waals surface area contributed by atoms with Crippen molar-refractivity contribution in [3.63, 3.8) is 0 Å². The molecule has 1 N–H and O–H groups in total. The smallest absolute Gasteiger partial charge is 0.216 e. The quantitative estimate of drug-likeness (QED) is 0.858. The molecule has 126 valence electrons. The summed E-state index contributed by atoms with van der Waals surface area (Å²) in [7, 11) is -3.13. The van der Waals surface area contributed by atoms with E-state index in [4.69, 9.17) is 0 Å². The van der Waals surface area contributed by atoms with E-state index in [9.17, 15) is 8.42 Å². The molecule has 1 aliphatic heterocycles. The third-order valence-corrected chi connectivity index (χ3v) is 6.65. The van der Waals surface area contributed by atoms with Crippen LogP contribution in [-0.4, -0.2) is 46.9 Å². The molecule has 7 heteroatoms. The second kappa shape index (κ2) is 7.10. The highest BCUT2D eigenvalue weighted by Gasteiger charge is 2.33. The Bertz CT molecular complexity index is 582. The number of rotatable bonds is 6. The zero-order valence-corrected chi connectivity index (χ0v) is 14.8. The summed E-state index contributed by atoms with van der Waals surface area (Å²) in [5.74, 6) is 0.309. The molecule has 2 heterocycles. The second-order valence-electron chi connectivity index (χ2n) is 6.41. The largest absolute Gasteiger partial charge is 0.309 e. The van der Waals surface area contributed by atoms with E-state index in [-0.39, 0.29) is 5.25 Å². The minimum atomic E-state index is -3.13. The van der Waals surface area contributed by atoms with Crippen molar-refractivity contribution < 1.29 is 8.42 Å². The van der Waals surface area contributed by atoms with E-state index in [1.165, 1.54) is 5.56 Å². The van der Waals surface area contributed by atoms with Gasteiger partial charge in [-0.1, -0.05) is 6.92 Å². The van der Waals surface area contributed by atoms with Crippen LogP contribution in [0, 0.1) is 5.92 Å². The molecular formula is C15H28N4O2S. The predicted octanol–water partition coefficient (Wildman–Crippen LogP) is 1.44. The molecule has 22 heavy (non-hydrogen) atoms. The molecule has 0 unspecified atom stereocenters. The molecule has 1 fully saturated rings. The van der Waals surface area contributed by atoms with Crippen LogP contribution in [0.15, 0.2) is 12.4 Å². The summed E-state index contributed by atoms with van der Waals surface area (Å²) in [5.41, 5.74) is 1.17. The maximum Gasteiger partial charge on any atom is 0.216 e. The van der Waals surface area contributed by atoms with Crippen LogP contribution in [0.3, 0.4) is 0 Å². The third kappa shape index (κ3) is 3.88. The maximum atomic E-state index is 12.2. The minimum Gasteiger partial charge on any atom is -0.309 e. The van der Waals surface area contributed by atoms with Crippen molar-refractivity contribution in [2.75, 3.05) is 13.1 Å². The first-order valence-electron chi connectivity index (χ1n) is 8.08. The number of aryl methyl sites for hydroxylation is 1. The highest BCUT2D eigenvalue weighted by molar-refractivity contribution is 7.89. The maximum absolute atomic E-state index is 12.2. The van der Waals surface area contributed by atoms with Crippen molar-refractivity contribution in [3.05, 3.63) is 18.0 Å². The summed E-state index contributed by atoms with van der Waals surface area (Å²) in [5, 5.41) is 7.48. The zero-order valence-electron chi connectivity index (χ0n) is 14.0. The molecule has 2 atom stereocenters. The fraction of sp³-hybridized carbons (Fsp3) is 0.800. The molecule has 2 rings (SSSR count). The molecule has 0 saturated carbocycles. The first kappa shape index (κ1) is 17.4. The van der Waals surface area contributed by atoms with Crippen LogP contribution in [-0.2, 0) is 23.1 Å². The summed E-state index contributed by atoms with van der Waals surface area (Å²) >= 11 is 0. The Morgan fingerprint density at radius 3 is 2.73 bits per heavy atom. The van der Waals surface area contributed by atoms with E-state index in [2.05, 4.69) is 30.5 Å². The average Bonchev–Trinajstić information content (AvgIpc) is 2.93. The van der Waals surface area contributed by atoms with Gasteiger partial charge in [0.2, 0.25) is 10.0 Å². The van der Waals surface area contributed by atoms with E-state index in [0.717, 1.165) is 19.5 Å². The van der Waals surface area contributed by atoms with Crippen molar-refractivity contribution in [2.24, 2.45) is 5.92 Å². The topological polar surface area (TPSA) is 67.2 Å². The number of sulfonamides is 1. The van der Waals surface area contributed by atoms with Gasteiger partial charge in [0.15, 0.2) is 0 Å². The first-order valence-corrected chi connectivity index (χ1v) is 9.58. The number of hydrogen-bond acceptors (Lipinski definition) is 4. The highest BCUT2D eigenvalue weighted by Crippen LogP contribution is 2.22. The van der Waals surface area contributed by atoms with Crippen LogP contribution in [0.5, 0.6) is 0 Å². The standard InChI is InChI=1S/C15H28N4O2S/c1-5-18-11-14(9-17-18)8-16-15-6-7-19(10-13(15)4)22(20,21)12(2)3/h9,11-13,15-16H,5-8,10H2,1-4H3/t13-,15-/m1/s1. The van der Waals surface area contributed by atoms with Crippen LogP contribution in [0.2, 0.25) is 0 Å². The van der Waals surface area contributed by atoms with Gasteiger partial charge in [0.25, 0.3) is 0 Å². The number of aromatic nitrogens is 2. The van der Waals surface area contributed by atoms with Crippen LogP contribution in [0.1, 0.15) is 39.7 Å². The molecule has 1 aromatic rings. The molecule has 0 spiro atoms. The lowest BCUT2D eigenvalue weighted by molar-refractivity contribution is 0.218. The monoisotopic (exact) mass is 328 g/mol. The molecule has 0 aliphatic carbocycles. The Hall–Kier alpha value is -0.920. The SMILES string of the molecule is CCn1cc(CN[C@@H]2CCN(S(=O)(=O)C(C)C)C[C@H]2C)cn1. The fourth-order valence-electron chi connectivity index (χ4n) is 2.86. The van der Waals surface area contributed by atoms with E-state index < -0.39 is 10.0 Å². The summed E-state index contributed by atoms with van der Waals surface area (Å²) < 4.78 is 28.1. The Morgan fingerprint density at radius 1 is 1.45 bits per heavy atom. The normalized spacial score (nSPS) is 24.0. The van der Waals surface area contributed by atoms with Crippen LogP contribution >= 0.6 is 0 Å². The number of nitrogens with one attached hydrogen (secondary N) is 1. The van der Waals surface area contributed by atoms with E-state index in [0.29, 0.717) is 25.0 Å². The van der Waals surface area contributed by atoms with Gasteiger partial charge in [0, 0.05) is 44.0 Å². The Labute approximate surface area is 133 Å². The van der Waals surface area contributed by atoms with Gasteiger partial charge in [0.05, 0.1) is 11.4 Å². The lowest BCUT2D eigenvalue weighted by Crippen LogP contribution is -2.51. The molecule has 0 bridgehead atoms. The van der Waals surface area contributed by atoms with Gasteiger partial charge in [-0.3, -0.25) is 4.68 Å². The summed E-state index contributed by atoms with van der Waals surface area (Å²) in [6, 6.07) is 0.351. The Morgan fingerprint density at radius 2 is 2.18 bits per heavy atom. The second-order valence-corrected chi connectivity index (χ2v) is 8.90. The molecule has 0 radical (unpaired) electrons. The van der Waals surface area contributed by atoms with Crippen molar-refractivity contribution in [2.45, 2.75) is 58.5 Å². The average molecular weight is 328 g/mol. The van der Waals surface area contributed by atoms with Gasteiger partial charge in [-0.25, -0.2) is 12.7 Å². The van der Waals surface area contributed by atoms with E-state index >= 15 is 0 Å². The molecule has 0 aromatic carbocycles. The van der Waals surface area contributed by atoms with Gasteiger partial charge >= 0.3 is 0 Å². The van der Waals surface area contributed by atoms with Crippen LogP contribution in [0.4, 0.5) is 0 Å². The van der Waals surface area contributed by atoms with Crippen molar-refractivity contribution in [3.8, 4) is 0 Å². The molecular weight excluding hydrogens is 300 g/mol. The van der Waals surface area contributed by atoms with Crippen molar-refractivity contribution in [1.82, 2.24) is 19.4 Å². The van der Waals surface area contributed by atoms with E-state index in [1.54, 1.807) is 18.2 Å². The van der Waals surface area contributed by atoms with E-state index in [1.807, 2.05) is 10.9 Å². The lowest BCUT2D eigenvalue weighted by Gasteiger charge is -2.37. The summed E-state index contributed by atoms with van der Waals surface area (Å²) in [4.78, 5) is 0. The lowest BCUT2D eigenvalue weighted by atomic mass is 9.95. The predicted molar refractivity (Wildman–Crippen MR) is 87.9 cm³/mol. The van der Waals surface area contributed by atoms with Gasteiger partial charge in [-0.2, -0.15) is 5.10 Å². The molecule has 1 aliphatic rings. The minimum absolute atomic E-state index is 0.309. The summed E-state index contributed by atoms with van der Waals surface area (Å²) in [6.07, 6.45) is 4.80. The van der Waals surface area contributed by atoms with Gasteiger partial charge < -0.3 is 5.32 Å². The highest BCUT2D eigenvalue weighted by atomic mass is 32.2. The summed E-state index contributed by atoms with van der Waals surface area (Å²) in [6.45, 7) is 10.6. The molecule has 6 nitrogen and oxygen atoms in total. The van der Waals surface area contributed by atoms with Crippen molar-refractivity contribution >= 4 is 10.0 Å². The molecule has 0 amide bonds. The van der Waals surface area contributed by atoms with Crippen molar-refractivity contribution in [1.29, 1.82) is 0 Å². The van der Waals surface area contributed by atoms with Gasteiger partial charge in [-0.15, -0.1) is 0 Å². The first-order chi connectivity index (χ1) is 10.3. The fourth-order valence-corrected chi connectivity index (χ4v) is 4.26. The van der Waals surface area contributed by atoms with Gasteiger partial charge in [0.1, 0.15) is 0 Å². The van der Waals surface area contributed by atoms with Gasteiger partial charge in [-0.05, 0) is 33.1 Å². The molecule has 1 saturated heterocycles. The number of nitrogens with zero attached hydrogens (tertiary/aromatic N) is 3. The zero-order chi connectivity index (χ0) is 16.3. The van der Waals surface area contributed by atoms with Crippen LogP contribution < -0.4 is 5.32 Å². The number of hydrogen-bond donors (Lipinski definition) is 1. The third-order valence-electron chi connectivity index (χ3n) is 4.40. The number of piperidine rings is 1. The molecule has 1 aromatic heterocycles.